The molecule has 2 heteroatoms. The van der Waals surface area contributed by atoms with Gasteiger partial charge in [-0.3, -0.25) is 0 Å². The lowest BCUT2D eigenvalue weighted by atomic mass is 9.99. The summed E-state index contributed by atoms with van der Waals surface area (Å²) in [6.45, 7) is 3.05. The van der Waals surface area contributed by atoms with Crippen LogP contribution in [0.4, 0.5) is 0 Å². The Balaban J connectivity index is 1.72. The summed E-state index contributed by atoms with van der Waals surface area (Å²) in [6.07, 6.45) is 11.0. The van der Waals surface area contributed by atoms with Crippen molar-refractivity contribution in [2.45, 2.75) is 73.7 Å². The molecule has 0 saturated carbocycles. The summed E-state index contributed by atoms with van der Waals surface area (Å²) in [6, 6.07) is 13.6. The van der Waals surface area contributed by atoms with Crippen molar-refractivity contribution in [3.63, 3.8) is 0 Å². The minimum Gasteiger partial charge on any atom is -0.493 e. The minimum atomic E-state index is 0.450. The number of benzene rings is 2. The fourth-order valence-corrected chi connectivity index (χ4v) is 8.08. The van der Waals surface area contributed by atoms with E-state index in [0.29, 0.717) is 10.9 Å². The zero-order valence-corrected chi connectivity index (χ0v) is 15.6. The van der Waals surface area contributed by atoms with Crippen LogP contribution in [0, 0.1) is 0 Å². The van der Waals surface area contributed by atoms with Crippen molar-refractivity contribution in [1.29, 1.82) is 0 Å². The van der Waals surface area contributed by atoms with Gasteiger partial charge >= 0.3 is 0 Å². The molecule has 2 aromatic rings. The van der Waals surface area contributed by atoms with Crippen molar-refractivity contribution in [2.75, 3.05) is 6.61 Å². The second-order valence-electron chi connectivity index (χ2n) is 7.29. The number of unbranched alkanes of at least 4 members (excludes halogenated alkanes) is 1. The molecular weight excluding hydrogens is 312 g/mol. The molecule has 2 aliphatic heterocycles. The maximum absolute atomic E-state index is 6.10. The Morgan fingerprint density at radius 3 is 2.25 bits per heavy atom. The number of rotatable bonds is 5. The summed E-state index contributed by atoms with van der Waals surface area (Å²) >= 11 is 0. The second-order valence-corrected chi connectivity index (χ2v) is 9.80. The molecular formula is C22H29OS+. The highest BCUT2D eigenvalue weighted by Crippen LogP contribution is 2.45. The highest BCUT2D eigenvalue weighted by Gasteiger charge is 2.46. The molecule has 2 fully saturated rings. The molecule has 128 valence electrons. The second kappa shape index (κ2) is 7.39. The Bertz CT molecular complexity index is 673. The Labute approximate surface area is 149 Å². The average molecular weight is 342 g/mol. The largest absolute Gasteiger partial charge is 0.493 e. The van der Waals surface area contributed by atoms with Gasteiger partial charge in [-0.25, -0.2) is 0 Å². The first-order valence-electron chi connectivity index (χ1n) is 9.75. The maximum Gasteiger partial charge on any atom is 0.163 e. The third kappa shape index (κ3) is 3.06. The van der Waals surface area contributed by atoms with Gasteiger partial charge in [-0.05, 0) is 63.1 Å². The fraction of sp³-hybridized carbons (Fsp3) is 0.545. The van der Waals surface area contributed by atoms with E-state index in [1.165, 1.54) is 55.7 Å². The normalized spacial score (nSPS) is 26.5. The van der Waals surface area contributed by atoms with E-state index in [9.17, 15) is 0 Å². The quantitative estimate of drug-likeness (QED) is 0.471. The molecule has 1 nitrogen and oxygen atoms in total. The topological polar surface area (TPSA) is 9.23 Å². The SMILES string of the molecule is CCCCOc1ccc([S+]2C3CCCC2CCC3)c2ccccc12. The number of ether oxygens (including phenoxy) is 1. The molecule has 0 aliphatic carbocycles. The molecule has 0 amide bonds. The zero-order chi connectivity index (χ0) is 16.4. The number of hydrogen-bond donors (Lipinski definition) is 0. The smallest absolute Gasteiger partial charge is 0.163 e. The Hall–Kier alpha value is -1.15. The molecule has 0 spiro atoms. The lowest BCUT2D eigenvalue weighted by molar-refractivity contribution is 0.313. The van der Waals surface area contributed by atoms with Crippen LogP contribution in [0.15, 0.2) is 41.3 Å². The lowest BCUT2D eigenvalue weighted by Crippen LogP contribution is -2.40. The van der Waals surface area contributed by atoms with Crippen LogP contribution in [0.2, 0.25) is 0 Å². The van der Waals surface area contributed by atoms with Crippen LogP contribution in [0.25, 0.3) is 10.8 Å². The van der Waals surface area contributed by atoms with E-state index in [1.54, 1.807) is 4.90 Å². The molecule has 2 aliphatic rings. The summed E-state index contributed by atoms with van der Waals surface area (Å²) in [7, 11) is 0.450. The third-order valence-corrected chi connectivity index (χ3v) is 8.92. The Morgan fingerprint density at radius 2 is 1.58 bits per heavy atom. The van der Waals surface area contributed by atoms with Gasteiger partial charge in [0.25, 0.3) is 0 Å². The van der Waals surface area contributed by atoms with Gasteiger partial charge < -0.3 is 4.74 Å². The molecule has 2 aromatic carbocycles. The van der Waals surface area contributed by atoms with Crippen LogP contribution in [0.5, 0.6) is 5.75 Å². The molecule has 4 rings (SSSR count). The van der Waals surface area contributed by atoms with E-state index in [-0.39, 0.29) is 0 Å². The monoisotopic (exact) mass is 341 g/mol. The first kappa shape index (κ1) is 16.3. The van der Waals surface area contributed by atoms with Crippen molar-refractivity contribution in [3.8, 4) is 5.75 Å². The van der Waals surface area contributed by atoms with Gasteiger partial charge in [-0.15, -0.1) is 0 Å². The average Bonchev–Trinajstić information content (AvgIpc) is 2.61. The van der Waals surface area contributed by atoms with Crippen LogP contribution in [0.3, 0.4) is 0 Å². The predicted molar refractivity (Wildman–Crippen MR) is 105 cm³/mol. The molecule has 2 saturated heterocycles. The third-order valence-electron chi connectivity index (χ3n) is 5.68. The van der Waals surface area contributed by atoms with Crippen LogP contribution in [0.1, 0.15) is 58.3 Å². The molecule has 0 unspecified atom stereocenters. The van der Waals surface area contributed by atoms with E-state index in [4.69, 9.17) is 4.74 Å². The first-order chi connectivity index (χ1) is 11.9. The summed E-state index contributed by atoms with van der Waals surface area (Å²) in [5.74, 6) is 1.08. The Kier molecular flexibility index (Phi) is 5.03. The summed E-state index contributed by atoms with van der Waals surface area (Å²) in [4.78, 5) is 1.63. The Morgan fingerprint density at radius 1 is 0.917 bits per heavy atom. The molecule has 0 radical (unpaired) electrons. The highest BCUT2D eigenvalue weighted by molar-refractivity contribution is 7.98. The van der Waals surface area contributed by atoms with E-state index >= 15 is 0 Å². The van der Waals surface area contributed by atoms with E-state index < -0.39 is 0 Å². The van der Waals surface area contributed by atoms with Crippen molar-refractivity contribution in [1.82, 2.24) is 0 Å². The summed E-state index contributed by atoms with van der Waals surface area (Å²) < 4.78 is 6.10. The summed E-state index contributed by atoms with van der Waals surface area (Å²) in [5, 5.41) is 4.65. The highest BCUT2D eigenvalue weighted by atomic mass is 32.2. The van der Waals surface area contributed by atoms with Gasteiger partial charge in [0.05, 0.1) is 6.61 Å². The first-order valence-corrected chi connectivity index (χ1v) is 11.1. The van der Waals surface area contributed by atoms with Crippen molar-refractivity contribution < 1.29 is 4.74 Å². The van der Waals surface area contributed by atoms with E-state index in [2.05, 4.69) is 43.3 Å². The van der Waals surface area contributed by atoms with Gasteiger partial charge in [-0.2, -0.15) is 0 Å². The van der Waals surface area contributed by atoms with Crippen molar-refractivity contribution in [3.05, 3.63) is 36.4 Å². The van der Waals surface area contributed by atoms with Gasteiger partial charge in [-0.1, -0.05) is 31.5 Å². The minimum absolute atomic E-state index is 0.450. The molecule has 0 atom stereocenters. The predicted octanol–water partition coefficient (Wildman–Crippen LogP) is 6.10. The molecule has 2 heterocycles. The van der Waals surface area contributed by atoms with E-state index in [1.807, 2.05) is 0 Å². The van der Waals surface area contributed by atoms with Gasteiger partial charge in [0.1, 0.15) is 16.2 Å². The van der Waals surface area contributed by atoms with Gasteiger partial charge in [0, 0.05) is 21.7 Å². The standard InChI is InChI=1S/C22H29OS/c1-2-3-16-23-21-14-15-22(20-13-5-4-12-19(20)21)24-17-8-6-9-18(24)11-7-10-17/h4-5,12-15,17-18H,2-3,6-11,16H2,1H3/q+1. The fourth-order valence-electron chi connectivity index (χ4n) is 4.48. The van der Waals surface area contributed by atoms with Crippen LogP contribution in [-0.4, -0.2) is 17.1 Å². The molecule has 0 N–H and O–H groups in total. The number of fused-ring (bicyclic) bond motifs is 3. The van der Waals surface area contributed by atoms with Crippen molar-refractivity contribution in [2.24, 2.45) is 0 Å². The molecule has 2 bridgehead atoms. The van der Waals surface area contributed by atoms with Crippen LogP contribution in [-0.2, 0) is 10.9 Å². The number of hydrogen-bond acceptors (Lipinski definition) is 1. The van der Waals surface area contributed by atoms with Gasteiger partial charge in [0.15, 0.2) is 4.90 Å². The van der Waals surface area contributed by atoms with Crippen molar-refractivity contribution >= 4 is 21.7 Å². The maximum atomic E-state index is 6.10. The van der Waals surface area contributed by atoms with Gasteiger partial charge in [0.2, 0.25) is 0 Å². The molecule has 0 aromatic heterocycles. The molecule has 24 heavy (non-hydrogen) atoms. The van der Waals surface area contributed by atoms with E-state index in [0.717, 1.165) is 29.3 Å². The lowest BCUT2D eigenvalue weighted by Gasteiger charge is -2.35. The van der Waals surface area contributed by atoms with Crippen LogP contribution >= 0.6 is 0 Å². The summed E-state index contributed by atoms with van der Waals surface area (Å²) in [5.41, 5.74) is 0. The van der Waals surface area contributed by atoms with Crippen LogP contribution < -0.4 is 4.74 Å². The zero-order valence-electron chi connectivity index (χ0n) is 14.8.